The smallest absolute Gasteiger partial charge is 0.0270 e. The summed E-state index contributed by atoms with van der Waals surface area (Å²) in [5.74, 6) is 0. The lowest BCUT2D eigenvalue weighted by molar-refractivity contribution is 1.01. The van der Waals surface area contributed by atoms with E-state index in [2.05, 4.69) is 12.7 Å². The summed E-state index contributed by atoms with van der Waals surface area (Å²) in [5, 5.41) is 0. The van der Waals surface area contributed by atoms with Gasteiger partial charge in [0.1, 0.15) is 0 Å². The standard InChI is InChI=1S/C7H11N.C6H9N.2C2H6/c1-3-5-6-7(8)4-2;7-6-4-2-1-3-5-6;2*1-2/h3-6H,1,8H2,2H3;2,4-5H,1,3,7H2;2*1-2H3/b6-5-,7-4+;;;. The van der Waals surface area contributed by atoms with E-state index in [4.69, 9.17) is 11.5 Å². The van der Waals surface area contributed by atoms with Gasteiger partial charge in [0.15, 0.2) is 0 Å². The van der Waals surface area contributed by atoms with Crippen molar-refractivity contribution in [3.8, 4) is 0 Å². The average Bonchev–Trinajstić information content (AvgIpc) is 2.50. The van der Waals surface area contributed by atoms with Crippen molar-refractivity contribution in [1.29, 1.82) is 0 Å². The molecule has 0 radical (unpaired) electrons. The van der Waals surface area contributed by atoms with Crippen LogP contribution in [-0.2, 0) is 0 Å². The fourth-order valence-electron chi connectivity index (χ4n) is 0.909. The Morgan fingerprint density at radius 1 is 1.21 bits per heavy atom. The van der Waals surface area contributed by atoms with Crippen LogP contribution in [0.1, 0.15) is 47.5 Å². The normalized spacial score (nSPS) is 12.9. The largest absolute Gasteiger partial charge is 0.399 e. The predicted octanol–water partition coefficient (Wildman–Crippen LogP) is 4.82. The topological polar surface area (TPSA) is 52.0 Å². The van der Waals surface area contributed by atoms with Crippen LogP contribution in [0.15, 0.2) is 60.5 Å². The summed E-state index contributed by atoms with van der Waals surface area (Å²) in [6, 6.07) is 0. The first-order valence-electron chi connectivity index (χ1n) is 7.03. The molecule has 0 amide bonds. The molecule has 0 bridgehead atoms. The molecule has 0 saturated carbocycles. The second-order valence-electron chi connectivity index (χ2n) is 3.07. The quantitative estimate of drug-likeness (QED) is 0.702. The Morgan fingerprint density at radius 2 is 1.79 bits per heavy atom. The van der Waals surface area contributed by atoms with Gasteiger partial charge in [-0.3, -0.25) is 0 Å². The van der Waals surface area contributed by atoms with Crippen LogP contribution in [0.5, 0.6) is 0 Å². The van der Waals surface area contributed by atoms with Crippen molar-refractivity contribution in [2.45, 2.75) is 47.5 Å². The highest BCUT2D eigenvalue weighted by Crippen LogP contribution is 2.02. The summed E-state index contributed by atoms with van der Waals surface area (Å²) >= 11 is 0. The third-order valence-corrected chi connectivity index (χ3v) is 1.78. The average molecular weight is 264 g/mol. The van der Waals surface area contributed by atoms with E-state index in [1.807, 2.05) is 52.8 Å². The number of nitrogens with two attached hydrogens (primary N) is 2. The number of hydrogen-bond donors (Lipinski definition) is 2. The maximum Gasteiger partial charge on any atom is 0.0270 e. The Morgan fingerprint density at radius 3 is 2.05 bits per heavy atom. The van der Waals surface area contributed by atoms with E-state index in [9.17, 15) is 0 Å². The molecule has 1 aliphatic rings. The first-order valence-corrected chi connectivity index (χ1v) is 7.03. The van der Waals surface area contributed by atoms with Crippen LogP contribution in [0, 0.1) is 0 Å². The molecular weight excluding hydrogens is 232 g/mol. The van der Waals surface area contributed by atoms with Crippen LogP contribution >= 0.6 is 0 Å². The van der Waals surface area contributed by atoms with Crippen molar-refractivity contribution in [3.63, 3.8) is 0 Å². The van der Waals surface area contributed by atoms with Gasteiger partial charge in [-0.15, -0.1) is 0 Å². The molecule has 2 nitrogen and oxygen atoms in total. The van der Waals surface area contributed by atoms with E-state index >= 15 is 0 Å². The van der Waals surface area contributed by atoms with Gasteiger partial charge in [-0.05, 0) is 31.9 Å². The van der Waals surface area contributed by atoms with Crippen molar-refractivity contribution >= 4 is 0 Å². The third-order valence-electron chi connectivity index (χ3n) is 1.78. The number of allylic oxidation sites excluding steroid dienone is 7. The summed E-state index contributed by atoms with van der Waals surface area (Å²) < 4.78 is 0. The zero-order chi connectivity index (χ0) is 15.5. The van der Waals surface area contributed by atoms with Gasteiger partial charge in [-0.2, -0.15) is 0 Å². The first-order chi connectivity index (χ1) is 9.20. The molecule has 0 aromatic heterocycles. The highest BCUT2D eigenvalue weighted by atomic mass is 14.6. The second kappa shape index (κ2) is 21.6. The minimum absolute atomic E-state index is 0.768. The first kappa shape index (κ1) is 22.5. The van der Waals surface area contributed by atoms with Gasteiger partial charge < -0.3 is 11.5 Å². The van der Waals surface area contributed by atoms with Crippen LogP contribution in [0.3, 0.4) is 0 Å². The fourth-order valence-corrected chi connectivity index (χ4v) is 0.909. The Hall–Kier alpha value is -1.70. The fraction of sp³-hybridized carbons (Fsp3) is 0.412. The number of rotatable bonds is 2. The van der Waals surface area contributed by atoms with E-state index in [0.717, 1.165) is 24.2 Å². The van der Waals surface area contributed by atoms with Gasteiger partial charge >= 0.3 is 0 Å². The van der Waals surface area contributed by atoms with Crippen molar-refractivity contribution in [1.82, 2.24) is 0 Å². The molecule has 0 spiro atoms. The summed E-state index contributed by atoms with van der Waals surface area (Å²) in [4.78, 5) is 0. The van der Waals surface area contributed by atoms with Crippen LogP contribution in [-0.4, -0.2) is 0 Å². The summed E-state index contributed by atoms with van der Waals surface area (Å²) in [6.45, 7) is 13.4. The Kier molecular flexibility index (Phi) is 25.5. The molecule has 0 aromatic rings. The summed E-state index contributed by atoms with van der Waals surface area (Å²) in [7, 11) is 0. The van der Waals surface area contributed by atoms with Crippen molar-refractivity contribution in [2.24, 2.45) is 11.5 Å². The molecule has 4 N–H and O–H groups in total. The van der Waals surface area contributed by atoms with Crippen LogP contribution in [0.2, 0.25) is 0 Å². The molecule has 0 fully saturated rings. The SMILES string of the molecule is C=C/C=C\C(N)=C/C.CC.CC.NC1=CCCC=C1. The maximum atomic E-state index is 5.41. The van der Waals surface area contributed by atoms with Crippen LogP contribution < -0.4 is 11.5 Å². The Balaban J connectivity index is -0.000000214. The molecule has 1 rings (SSSR count). The zero-order valence-corrected chi connectivity index (χ0v) is 13.3. The summed E-state index contributed by atoms with van der Waals surface area (Å²) in [6.07, 6.45) is 15.5. The monoisotopic (exact) mass is 264 g/mol. The van der Waals surface area contributed by atoms with E-state index < -0.39 is 0 Å². The van der Waals surface area contributed by atoms with Crippen molar-refractivity contribution in [3.05, 3.63) is 60.5 Å². The van der Waals surface area contributed by atoms with Crippen LogP contribution in [0.25, 0.3) is 0 Å². The molecule has 0 unspecified atom stereocenters. The molecule has 19 heavy (non-hydrogen) atoms. The molecular formula is C17H32N2. The van der Waals surface area contributed by atoms with Gasteiger partial charge in [0.05, 0.1) is 0 Å². The molecule has 0 atom stereocenters. The zero-order valence-electron chi connectivity index (χ0n) is 13.3. The lowest BCUT2D eigenvalue weighted by atomic mass is 10.2. The lowest BCUT2D eigenvalue weighted by Crippen LogP contribution is -1.94. The van der Waals surface area contributed by atoms with Gasteiger partial charge in [-0.25, -0.2) is 0 Å². The third kappa shape index (κ3) is 22.0. The van der Waals surface area contributed by atoms with Crippen LogP contribution in [0.4, 0.5) is 0 Å². The van der Waals surface area contributed by atoms with E-state index in [-0.39, 0.29) is 0 Å². The van der Waals surface area contributed by atoms with Crippen molar-refractivity contribution in [2.75, 3.05) is 0 Å². The maximum absolute atomic E-state index is 5.41. The van der Waals surface area contributed by atoms with Gasteiger partial charge in [0, 0.05) is 11.4 Å². The Bertz CT molecular complexity index is 294. The predicted molar refractivity (Wildman–Crippen MR) is 90.6 cm³/mol. The van der Waals surface area contributed by atoms with Gasteiger partial charge in [0.25, 0.3) is 0 Å². The lowest BCUT2D eigenvalue weighted by Gasteiger charge is -1.97. The second-order valence-corrected chi connectivity index (χ2v) is 3.07. The van der Waals surface area contributed by atoms with E-state index in [1.54, 1.807) is 18.2 Å². The van der Waals surface area contributed by atoms with E-state index in [0.29, 0.717) is 0 Å². The molecule has 2 heteroatoms. The Labute approximate surface area is 120 Å². The van der Waals surface area contributed by atoms with Gasteiger partial charge in [0.2, 0.25) is 0 Å². The molecule has 0 aliphatic heterocycles. The van der Waals surface area contributed by atoms with Crippen molar-refractivity contribution < 1.29 is 0 Å². The summed E-state index contributed by atoms with van der Waals surface area (Å²) in [5.41, 5.74) is 12.5. The number of hydrogen-bond acceptors (Lipinski definition) is 2. The molecule has 1 aliphatic carbocycles. The molecule has 0 aromatic carbocycles. The molecule has 0 heterocycles. The molecule has 110 valence electrons. The molecule has 0 saturated heterocycles. The highest BCUT2D eigenvalue weighted by Gasteiger charge is 1.86. The highest BCUT2D eigenvalue weighted by molar-refractivity contribution is 5.18. The van der Waals surface area contributed by atoms with Gasteiger partial charge in [-0.1, -0.05) is 64.7 Å². The minimum Gasteiger partial charge on any atom is -0.399 e. The van der Waals surface area contributed by atoms with E-state index in [1.165, 1.54) is 0 Å². The minimum atomic E-state index is 0.768.